The number of para-hydroxylation sites is 1. The molecule has 5 nitrogen and oxygen atoms in total. The number of piperazine rings is 1. The molecular formula is C32H34FN3O2S. The van der Waals surface area contributed by atoms with Crippen LogP contribution in [0.3, 0.4) is 0 Å². The van der Waals surface area contributed by atoms with E-state index in [1.54, 1.807) is 18.0 Å². The highest BCUT2D eigenvalue weighted by molar-refractivity contribution is 8.04. The molecular weight excluding hydrogens is 509 g/mol. The number of Topliss-reactive ketones (excluding diaryl/α,β-unsaturated/α-hetero) is 1. The first-order valence-electron chi connectivity index (χ1n) is 13.5. The number of rotatable bonds is 8. The number of aryl methyl sites for hydroxylation is 1. The molecule has 2 aliphatic heterocycles. The number of likely N-dealkylation sites (N-methyl/N-ethyl adjacent to an activating group) is 1. The van der Waals surface area contributed by atoms with Crippen molar-refractivity contribution in [3.63, 3.8) is 0 Å². The molecule has 7 heteroatoms. The quantitative estimate of drug-likeness (QED) is 0.186. The Morgan fingerprint density at radius 3 is 2.51 bits per heavy atom. The molecule has 0 unspecified atom stereocenters. The van der Waals surface area contributed by atoms with Gasteiger partial charge in [-0.3, -0.25) is 14.5 Å². The number of hydrogen-bond donors (Lipinski definition) is 0. The number of carbonyl (C=O) groups is 2. The molecule has 1 saturated heterocycles. The molecule has 0 bridgehead atoms. The topological polar surface area (TPSA) is 43.9 Å². The molecule has 2 aliphatic rings. The van der Waals surface area contributed by atoms with E-state index in [0.29, 0.717) is 22.6 Å². The Bertz CT molecular complexity index is 1400. The average Bonchev–Trinajstić information content (AvgIpc) is 2.94. The van der Waals surface area contributed by atoms with Gasteiger partial charge in [-0.25, -0.2) is 4.39 Å². The fourth-order valence-corrected chi connectivity index (χ4v) is 6.26. The van der Waals surface area contributed by atoms with Crippen LogP contribution >= 0.6 is 11.8 Å². The SMILES string of the molecule is Cc1cccc(/C=C2\Sc3ccc(C(=O)CCCCN4CCN(c5ccccc5F)CC4)cc3N(C)C2=O)c1. The number of carbonyl (C=O) groups excluding carboxylic acids is 2. The van der Waals surface area contributed by atoms with E-state index in [2.05, 4.69) is 15.9 Å². The third-order valence-electron chi connectivity index (χ3n) is 7.41. The lowest BCUT2D eigenvalue weighted by atomic mass is 10.0. The van der Waals surface area contributed by atoms with Crippen molar-refractivity contribution in [1.82, 2.24) is 4.90 Å². The van der Waals surface area contributed by atoms with E-state index < -0.39 is 0 Å². The van der Waals surface area contributed by atoms with Gasteiger partial charge in [0, 0.05) is 50.1 Å². The van der Waals surface area contributed by atoms with E-state index in [1.165, 1.54) is 17.8 Å². The van der Waals surface area contributed by atoms with Gasteiger partial charge in [-0.15, -0.1) is 0 Å². The minimum atomic E-state index is -0.167. The van der Waals surface area contributed by atoms with Crippen molar-refractivity contribution in [2.75, 3.05) is 49.6 Å². The van der Waals surface area contributed by atoms with Gasteiger partial charge in [-0.2, -0.15) is 0 Å². The van der Waals surface area contributed by atoms with Crippen LogP contribution in [-0.2, 0) is 4.79 Å². The zero-order chi connectivity index (χ0) is 27.4. The van der Waals surface area contributed by atoms with Gasteiger partial charge in [-0.05, 0) is 62.2 Å². The highest BCUT2D eigenvalue weighted by Gasteiger charge is 2.27. The first-order chi connectivity index (χ1) is 18.9. The second-order valence-electron chi connectivity index (χ2n) is 10.2. The maximum atomic E-state index is 14.1. The molecule has 39 heavy (non-hydrogen) atoms. The Labute approximate surface area is 234 Å². The molecule has 0 aliphatic carbocycles. The first-order valence-corrected chi connectivity index (χ1v) is 14.3. The van der Waals surface area contributed by atoms with E-state index in [-0.39, 0.29) is 17.5 Å². The van der Waals surface area contributed by atoms with Crippen LogP contribution in [0.4, 0.5) is 15.8 Å². The van der Waals surface area contributed by atoms with Crippen molar-refractivity contribution >= 4 is 40.9 Å². The fourth-order valence-electron chi connectivity index (χ4n) is 5.16. The number of nitrogens with zero attached hydrogens (tertiary/aromatic N) is 3. The molecule has 0 spiro atoms. The highest BCUT2D eigenvalue weighted by atomic mass is 32.2. The third-order valence-corrected chi connectivity index (χ3v) is 8.49. The van der Waals surface area contributed by atoms with Gasteiger partial charge in [0.25, 0.3) is 5.91 Å². The lowest BCUT2D eigenvalue weighted by Gasteiger charge is -2.36. The van der Waals surface area contributed by atoms with Crippen LogP contribution in [0.5, 0.6) is 0 Å². The average molecular weight is 544 g/mol. The largest absolute Gasteiger partial charge is 0.367 e. The number of amides is 1. The lowest BCUT2D eigenvalue weighted by molar-refractivity contribution is -0.114. The normalized spacial score (nSPS) is 17.0. The van der Waals surface area contributed by atoms with Crippen molar-refractivity contribution in [3.05, 3.63) is 94.1 Å². The molecule has 0 saturated carbocycles. The summed E-state index contributed by atoms with van der Waals surface area (Å²) >= 11 is 1.46. The number of benzene rings is 3. The van der Waals surface area contributed by atoms with Crippen LogP contribution in [0.25, 0.3) is 6.08 Å². The first kappa shape index (κ1) is 27.2. The zero-order valence-electron chi connectivity index (χ0n) is 22.5. The second kappa shape index (κ2) is 12.2. The maximum Gasteiger partial charge on any atom is 0.264 e. The minimum Gasteiger partial charge on any atom is -0.367 e. The van der Waals surface area contributed by atoms with Crippen molar-refractivity contribution < 1.29 is 14.0 Å². The number of thioether (sulfide) groups is 1. The molecule has 2 heterocycles. The Morgan fingerprint density at radius 1 is 0.949 bits per heavy atom. The van der Waals surface area contributed by atoms with Gasteiger partial charge < -0.3 is 9.80 Å². The summed E-state index contributed by atoms with van der Waals surface area (Å²) in [5.74, 6) is -0.122. The van der Waals surface area contributed by atoms with Crippen LogP contribution < -0.4 is 9.80 Å². The summed E-state index contributed by atoms with van der Waals surface area (Å²) in [5, 5.41) is 0. The summed E-state index contributed by atoms with van der Waals surface area (Å²) < 4.78 is 14.1. The number of fused-ring (bicyclic) bond motifs is 1. The minimum absolute atomic E-state index is 0.0614. The second-order valence-corrected chi connectivity index (χ2v) is 11.3. The summed E-state index contributed by atoms with van der Waals surface area (Å²) in [5.41, 5.74) is 4.26. The van der Waals surface area contributed by atoms with Crippen LogP contribution in [0, 0.1) is 12.7 Å². The van der Waals surface area contributed by atoms with Gasteiger partial charge in [0.15, 0.2) is 5.78 Å². The van der Waals surface area contributed by atoms with Crippen molar-refractivity contribution in [1.29, 1.82) is 0 Å². The van der Waals surface area contributed by atoms with E-state index in [4.69, 9.17) is 0 Å². The highest BCUT2D eigenvalue weighted by Crippen LogP contribution is 2.42. The third kappa shape index (κ3) is 6.43. The number of ketones is 1. The summed E-state index contributed by atoms with van der Waals surface area (Å²) in [6.45, 7) is 6.37. The summed E-state index contributed by atoms with van der Waals surface area (Å²) in [6.07, 6.45) is 4.17. The molecule has 0 atom stereocenters. The number of hydrogen-bond acceptors (Lipinski definition) is 5. The van der Waals surface area contributed by atoms with E-state index in [9.17, 15) is 14.0 Å². The van der Waals surface area contributed by atoms with E-state index >= 15 is 0 Å². The van der Waals surface area contributed by atoms with Crippen molar-refractivity contribution in [2.24, 2.45) is 0 Å². The Kier molecular flexibility index (Phi) is 8.48. The van der Waals surface area contributed by atoms with Gasteiger partial charge in [0.1, 0.15) is 5.82 Å². The monoisotopic (exact) mass is 543 g/mol. The molecule has 0 aromatic heterocycles. The molecule has 0 N–H and O–H groups in total. The predicted octanol–water partition coefficient (Wildman–Crippen LogP) is 6.42. The predicted molar refractivity (Wildman–Crippen MR) is 158 cm³/mol. The molecule has 0 radical (unpaired) electrons. The van der Waals surface area contributed by atoms with Gasteiger partial charge in [0.2, 0.25) is 0 Å². The summed E-state index contributed by atoms with van der Waals surface area (Å²) in [6, 6.07) is 20.7. The molecule has 3 aromatic rings. The van der Waals surface area contributed by atoms with Gasteiger partial charge in [-0.1, -0.05) is 59.8 Å². The van der Waals surface area contributed by atoms with Crippen LogP contribution in [-0.4, -0.2) is 56.4 Å². The van der Waals surface area contributed by atoms with Gasteiger partial charge >= 0.3 is 0 Å². The van der Waals surface area contributed by atoms with Crippen LogP contribution in [0.2, 0.25) is 0 Å². The number of unbranched alkanes of at least 4 members (excludes halogenated alkanes) is 1. The van der Waals surface area contributed by atoms with Gasteiger partial charge in [0.05, 0.1) is 16.3 Å². The molecule has 1 amide bonds. The van der Waals surface area contributed by atoms with Crippen molar-refractivity contribution in [3.8, 4) is 0 Å². The Hall–Kier alpha value is -3.42. The van der Waals surface area contributed by atoms with E-state index in [0.717, 1.165) is 67.3 Å². The summed E-state index contributed by atoms with van der Waals surface area (Å²) in [7, 11) is 1.77. The zero-order valence-corrected chi connectivity index (χ0v) is 23.3. The standard InChI is InChI=1S/C32H34FN3O2S/c1-23-8-7-9-24(20-23)21-31-32(38)34(2)28-22-25(13-14-30(28)39-31)29(37)12-5-6-15-35-16-18-36(19-17-35)27-11-4-3-10-26(27)33/h3-4,7-11,13-14,20-22H,5-6,12,15-19H2,1-2H3/b31-21-. The Balaban J connectivity index is 1.12. The maximum absolute atomic E-state index is 14.1. The molecule has 3 aromatic carbocycles. The van der Waals surface area contributed by atoms with Crippen LogP contribution in [0.15, 0.2) is 76.5 Å². The lowest BCUT2D eigenvalue weighted by Crippen LogP contribution is -2.46. The number of halogens is 1. The number of anilines is 2. The van der Waals surface area contributed by atoms with Crippen molar-refractivity contribution in [2.45, 2.75) is 31.1 Å². The smallest absolute Gasteiger partial charge is 0.264 e. The fraction of sp³-hybridized carbons (Fsp3) is 0.312. The summed E-state index contributed by atoms with van der Waals surface area (Å²) in [4.78, 5) is 33.8. The van der Waals surface area contributed by atoms with Crippen LogP contribution in [0.1, 0.15) is 40.7 Å². The molecule has 202 valence electrons. The molecule has 5 rings (SSSR count). The van der Waals surface area contributed by atoms with E-state index in [1.807, 2.05) is 61.5 Å². The Morgan fingerprint density at radius 2 is 1.74 bits per heavy atom. The molecule has 1 fully saturated rings.